The van der Waals surface area contributed by atoms with Crippen LogP contribution in [0.2, 0.25) is 0 Å². The molecule has 0 spiro atoms. The summed E-state index contributed by atoms with van der Waals surface area (Å²) in [7, 11) is 0. The van der Waals surface area contributed by atoms with Gasteiger partial charge in [0.2, 0.25) is 0 Å². The first-order valence-corrected chi connectivity index (χ1v) is 7.01. The minimum absolute atomic E-state index is 0.0123. The summed E-state index contributed by atoms with van der Waals surface area (Å²) in [6, 6.07) is 0.469. The van der Waals surface area contributed by atoms with E-state index in [1.165, 1.54) is 25.7 Å². The van der Waals surface area contributed by atoms with Crippen molar-refractivity contribution in [1.82, 2.24) is 24.4 Å². The van der Waals surface area contributed by atoms with Crippen LogP contribution in [0.3, 0.4) is 0 Å². The van der Waals surface area contributed by atoms with Crippen molar-refractivity contribution < 1.29 is 0 Å². The minimum atomic E-state index is 0.0123. The van der Waals surface area contributed by atoms with E-state index in [-0.39, 0.29) is 5.56 Å². The van der Waals surface area contributed by atoms with E-state index in [2.05, 4.69) is 19.9 Å². The van der Waals surface area contributed by atoms with Crippen molar-refractivity contribution in [3.8, 4) is 0 Å². The van der Waals surface area contributed by atoms with Crippen molar-refractivity contribution in [1.29, 1.82) is 0 Å². The Morgan fingerprint density at radius 2 is 2.16 bits per heavy atom. The topological polar surface area (TPSA) is 64.7 Å². The molecule has 0 bridgehead atoms. The third kappa shape index (κ3) is 1.63. The van der Waals surface area contributed by atoms with E-state index in [0.717, 1.165) is 18.0 Å². The molecule has 3 heterocycles. The molecule has 0 atom stereocenters. The van der Waals surface area contributed by atoms with Gasteiger partial charge in [0.1, 0.15) is 5.82 Å². The summed E-state index contributed by atoms with van der Waals surface area (Å²) in [6.45, 7) is 2.18. The van der Waals surface area contributed by atoms with Gasteiger partial charge in [0.05, 0.1) is 12.9 Å². The number of fused-ring (bicyclic) bond motifs is 2. The van der Waals surface area contributed by atoms with Crippen molar-refractivity contribution in [2.45, 2.75) is 44.8 Å². The Labute approximate surface area is 110 Å². The van der Waals surface area contributed by atoms with E-state index in [0.29, 0.717) is 24.6 Å². The molecule has 0 saturated heterocycles. The standard InChI is InChI=1S/C13H17N5O/c19-13-11-12(16-10-7-14-5-6-17(10)13)18(8-15-11)9-3-1-2-4-9/h8-9,14H,1-7H2. The predicted octanol–water partition coefficient (Wildman–Crippen LogP) is 0.811. The predicted molar refractivity (Wildman–Crippen MR) is 71.0 cm³/mol. The molecule has 4 rings (SSSR count). The first-order chi connectivity index (χ1) is 9.34. The van der Waals surface area contributed by atoms with Crippen LogP contribution in [-0.4, -0.2) is 25.6 Å². The van der Waals surface area contributed by atoms with Crippen LogP contribution in [0.25, 0.3) is 11.2 Å². The van der Waals surface area contributed by atoms with Gasteiger partial charge in [0.15, 0.2) is 11.2 Å². The van der Waals surface area contributed by atoms with Crippen LogP contribution in [0.5, 0.6) is 0 Å². The Morgan fingerprint density at radius 3 is 3.00 bits per heavy atom. The molecule has 6 heteroatoms. The van der Waals surface area contributed by atoms with Gasteiger partial charge in [-0.2, -0.15) is 0 Å². The largest absolute Gasteiger partial charge is 0.312 e. The van der Waals surface area contributed by atoms with Gasteiger partial charge in [-0.05, 0) is 12.8 Å². The average molecular weight is 259 g/mol. The Morgan fingerprint density at radius 1 is 1.32 bits per heavy atom. The van der Waals surface area contributed by atoms with Crippen LogP contribution >= 0.6 is 0 Å². The van der Waals surface area contributed by atoms with E-state index in [1.807, 2.05) is 0 Å². The summed E-state index contributed by atoms with van der Waals surface area (Å²) >= 11 is 0. The second-order valence-corrected chi connectivity index (χ2v) is 5.42. The second kappa shape index (κ2) is 4.16. The lowest BCUT2D eigenvalue weighted by Crippen LogP contribution is -2.37. The van der Waals surface area contributed by atoms with Gasteiger partial charge in [-0.15, -0.1) is 0 Å². The Bertz CT molecular complexity index is 680. The van der Waals surface area contributed by atoms with Crippen LogP contribution in [0.4, 0.5) is 0 Å². The highest BCUT2D eigenvalue weighted by molar-refractivity contribution is 5.69. The number of nitrogens with zero attached hydrogens (tertiary/aromatic N) is 4. The van der Waals surface area contributed by atoms with Gasteiger partial charge in [-0.3, -0.25) is 9.36 Å². The van der Waals surface area contributed by atoms with Crippen LogP contribution in [-0.2, 0) is 13.1 Å². The lowest BCUT2D eigenvalue weighted by atomic mass is 10.2. The van der Waals surface area contributed by atoms with Crippen LogP contribution in [0.1, 0.15) is 37.5 Å². The Balaban J connectivity index is 1.93. The summed E-state index contributed by atoms with van der Waals surface area (Å²) in [5, 5.41) is 3.26. The molecule has 1 fully saturated rings. The quantitative estimate of drug-likeness (QED) is 0.823. The van der Waals surface area contributed by atoms with Gasteiger partial charge in [-0.25, -0.2) is 9.97 Å². The van der Waals surface area contributed by atoms with Gasteiger partial charge >= 0.3 is 0 Å². The first-order valence-electron chi connectivity index (χ1n) is 7.01. The Hall–Kier alpha value is -1.69. The molecule has 1 aliphatic carbocycles. The van der Waals surface area contributed by atoms with E-state index in [1.54, 1.807) is 10.9 Å². The zero-order valence-corrected chi connectivity index (χ0v) is 10.8. The number of rotatable bonds is 1. The van der Waals surface area contributed by atoms with Crippen LogP contribution in [0.15, 0.2) is 11.1 Å². The van der Waals surface area contributed by atoms with Crippen molar-refractivity contribution in [2.75, 3.05) is 6.54 Å². The highest BCUT2D eigenvalue weighted by Crippen LogP contribution is 2.31. The number of nitrogens with one attached hydrogen (secondary N) is 1. The third-order valence-corrected chi connectivity index (χ3v) is 4.28. The van der Waals surface area contributed by atoms with E-state index in [4.69, 9.17) is 0 Å². The molecule has 2 aromatic rings. The van der Waals surface area contributed by atoms with Gasteiger partial charge < -0.3 is 9.88 Å². The Kier molecular flexibility index (Phi) is 2.44. The molecule has 0 aromatic carbocycles. The fourth-order valence-electron chi connectivity index (χ4n) is 3.25. The molecule has 0 amide bonds. The molecular weight excluding hydrogens is 242 g/mol. The summed E-state index contributed by atoms with van der Waals surface area (Å²) in [5.74, 6) is 0.837. The molecule has 2 aliphatic rings. The third-order valence-electron chi connectivity index (χ3n) is 4.28. The van der Waals surface area contributed by atoms with E-state index < -0.39 is 0 Å². The molecule has 1 aliphatic heterocycles. The number of hydrogen-bond acceptors (Lipinski definition) is 4. The van der Waals surface area contributed by atoms with E-state index in [9.17, 15) is 4.79 Å². The van der Waals surface area contributed by atoms with Crippen LogP contribution < -0.4 is 10.9 Å². The van der Waals surface area contributed by atoms with Crippen molar-refractivity contribution in [3.05, 3.63) is 22.5 Å². The molecule has 2 aromatic heterocycles. The number of hydrogen-bond donors (Lipinski definition) is 1. The average Bonchev–Trinajstić information content (AvgIpc) is 3.07. The summed E-state index contributed by atoms with van der Waals surface area (Å²) in [4.78, 5) is 21.4. The maximum atomic E-state index is 12.4. The van der Waals surface area contributed by atoms with Crippen molar-refractivity contribution in [3.63, 3.8) is 0 Å². The van der Waals surface area contributed by atoms with Crippen molar-refractivity contribution >= 4 is 11.2 Å². The van der Waals surface area contributed by atoms with E-state index >= 15 is 0 Å². The maximum Gasteiger partial charge on any atom is 0.281 e. The molecule has 6 nitrogen and oxygen atoms in total. The summed E-state index contributed by atoms with van der Waals surface area (Å²) in [6.07, 6.45) is 6.66. The smallest absolute Gasteiger partial charge is 0.281 e. The molecule has 0 unspecified atom stereocenters. The van der Waals surface area contributed by atoms with Crippen LogP contribution in [0, 0.1) is 0 Å². The van der Waals surface area contributed by atoms with Crippen molar-refractivity contribution in [2.24, 2.45) is 0 Å². The minimum Gasteiger partial charge on any atom is -0.312 e. The molecule has 100 valence electrons. The fourth-order valence-corrected chi connectivity index (χ4v) is 3.25. The molecule has 1 saturated carbocycles. The molecule has 19 heavy (non-hydrogen) atoms. The lowest BCUT2D eigenvalue weighted by Gasteiger charge is -2.19. The molecule has 1 N–H and O–H groups in total. The van der Waals surface area contributed by atoms with Gasteiger partial charge in [0, 0.05) is 19.1 Å². The van der Waals surface area contributed by atoms with Gasteiger partial charge in [-0.1, -0.05) is 12.8 Å². The highest BCUT2D eigenvalue weighted by Gasteiger charge is 2.22. The lowest BCUT2D eigenvalue weighted by molar-refractivity contribution is 0.481. The number of imidazole rings is 1. The normalized spacial score (nSPS) is 20.0. The highest BCUT2D eigenvalue weighted by atomic mass is 16.1. The maximum absolute atomic E-state index is 12.4. The monoisotopic (exact) mass is 259 g/mol. The zero-order valence-electron chi connectivity index (χ0n) is 10.8. The molecule has 0 radical (unpaired) electrons. The first kappa shape index (κ1) is 11.2. The zero-order chi connectivity index (χ0) is 12.8. The SMILES string of the molecule is O=c1c2ncn(C3CCCC3)c2nc2n1CCNC2. The summed E-state index contributed by atoms with van der Waals surface area (Å²) in [5.41, 5.74) is 1.31. The fraction of sp³-hybridized carbons (Fsp3) is 0.615. The summed E-state index contributed by atoms with van der Waals surface area (Å²) < 4.78 is 3.87. The van der Waals surface area contributed by atoms with Gasteiger partial charge in [0.25, 0.3) is 5.56 Å². The number of aromatic nitrogens is 4. The second-order valence-electron chi connectivity index (χ2n) is 5.42. The molecular formula is C13H17N5O.